The van der Waals surface area contributed by atoms with Crippen LogP contribution in [0.4, 0.5) is 0 Å². The van der Waals surface area contributed by atoms with E-state index in [1.807, 2.05) is 45.0 Å². The maximum atomic E-state index is 12.2. The molecule has 0 aliphatic rings. The minimum absolute atomic E-state index is 0.0501. The zero-order valence-corrected chi connectivity index (χ0v) is 15.6. The number of methoxy groups -OCH3 is 1. The van der Waals surface area contributed by atoms with Gasteiger partial charge in [-0.05, 0) is 23.6 Å². The Balaban J connectivity index is 2.58. The molecule has 0 aliphatic carbocycles. The number of amides is 2. The molecule has 0 radical (unpaired) electrons. The van der Waals surface area contributed by atoms with E-state index in [1.54, 1.807) is 7.11 Å². The van der Waals surface area contributed by atoms with E-state index in [-0.39, 0.29) is 30.2 Å². The first-order chi connectivity index (χ1) is 11.1. The lowest BCUT2D eigenvalue weighted by molar-refractivity contribution is -0.128. The van der Waals surface area contributed by atoms with Crippen molar-refractivity contribution in [1.29, 1.82) is 0 Å². The third kappa shape index (κ3) is 6.22. The molecule has 24 heavy (non-hydrogen) atoms. The molecule has 0 saturated heterocycles. The second kappa shape index (κ2) is 8.71. The molecular weight excluding hydrogens is 304 g/mol. The molecule has 0 bridgehead atoms. The van der Waals surface area contributed by atoms with Gasteiger partial charge in [-0.15, -0.1) is 0 Å². The maximum Gasteiger partial charge on any atom is 0.225 e. The van der Waals surface area contributed by atoms with Gasteiger partial charge in [-0.3, -0.25) is 9.59 Å². The van der Waals surface area contributed by atoms with Gasteiger partial charge in [0.05, 0.1) is 13.2 Å². The van der Waals surface area contributed by atoms with E-state index in [0.717, 1.165) is 11.3 Å². The number of benzene rings is 1. The Morgan fingerprint density at radius 3 is 2.17 bits per heavy atom. The van der Waals surface area contributed by atoms with E-state index in [2.05, 4.69) is 24.5 Å². The van der Waals surface area contributed by atoms with Gasteiger partial charge in [0, 0.05) is 18.4 Å². The normalized spacial score (nSPS) is 12.6. The number of rotatable bonds is 7. The molecule has 2 amide bonds. The average Bonchev–Trinajstić information content (AvgIpc) is 2.51. The lowest BCUT2D eigenvalue weighted by Crippen LogP contribution is -2.38. The van der Waals surface area contributed by atoms with E-state index in [4.69, 9.17) is 4.74 Å². The Kier molecular flexibility index (Phi) is 7.26. The molecule has 1 aromatic carbocycles. The zero-order valence-electron chi connectivity index (χ0n) is 15.6. The molecule has 0 aliphatic heterocycles. The predicted molar refractivity (Wildman–Crippen MR) is 95.8 cm³/mol. The van der Waals surface area contributed by atoms with Gasteiger partial charge >= 0.3 is 0 Å². The smallest absolute Gasteiger partial charge is 0.225 e. The van der Waals surface area contributed by atoms with E-state index >= 15 is 0 Å². The molecule has 0 aromatic heterocycles. The summed E-state index contributed by atoms with van der Waals surface area (Å²) < 4.78 is 5.17. The summed E-state index contributed by atoms with van der Waals surface area (Å²) in [5.41, 5.74) is 0.595. The second-order valence-electron chi connectivity index (χ2n) is 7.32. The van der Waals surface area contributed by atoms with Crippen LogP contribution >= 0.6 is 0 Å². The Hall–Kier alpha value is -2.04. The van der Waals surface area contributed by atoms with Gasteiger partial charge in [0.2, 0.25) is 11.8 Å². The minimum Gasteiger partial charge on any atom is -0.497 e. The van der Waals surface area contributed by atoms with Crippen LogP contribution in [0.3, 0.4) is 0 Å². The molecule has 134 valence electrons. The van der Waals surface area contributed by atoms with Crippen LogP contribution in [0.25, 0.3) is 0 Å². The summed E-state index contributed by atoms with van der Waals surface area (Å²) in [5.74, 6) is 0.925. The fourth-order valence-electron chi connectivity index (χ4n) is 2.25. The van der Waals surface area contributed by atoms with Crippen molar-refractivity contribution in [2.75, 3.05) is 13.7 Å². The summed E-state index contributed by atoms with van der Waals surface area (Å²) >= 11 is 0. The molecule has 0 saturated carbocycles. The monoisotopic (exact) mass is 334 g/mol. The fourth-order valence-corrected chi connectivity index (χ4v) is 2.25. The number of carbonyl (C=O) groups is 2. The van der Waals surface area contributed by atoms with Gasteiger partial charge in [-0.25, -0.2) is 0 Å². The molecule has 5 nitrogen and oxygen atoms in total. The van der Waals surface area contributed by atoms with Crippen molar-refractivity contribution in [2.24, 2.45) is 11.3 Å². The van der Waals surface area contributed by atoms with Crippen molar-refractivity contribution in [3.63, 3.8) is 0 Å². The molecule has 0 heterocycles. The molecule has 5 heteroatoms. The first-order valence-electron chi connectivity index (χ1n) is 8.36. The second-order valence-corrected chi connectivity index (χ2v) is 7.32. The van der Waals surface area contributed by atoms with Crippen molar-refractivity contribution in [2.45, 2.75) is 47.1 Å². The lowest BCUT2D eigenvalue weighted by atomic mass is 9.95. The van der Waals surface area contributed by atoms with Gasteiger partial charge in [0.1, 0.15) is 5.75 Å². The topological polar surface area (TPSA) is 67.4 Å². The predicted octanol–water partition coefficient (Wildman–Crippen LogP) is 3.06. The molecule has 2 N–H and O–H groups in total. The van der Waals surface area contributed by atoms with Gasteiger partial charge in [-0.2, -0.15) is 0 Å². The first kappa shape index (κ1) is 20.0. The Bertz CT molecular complexity index is 545. The summed E-state index contributed by atoms with van der Waals surface area (Å²) in [6.07, 6.45) is 0.265. The number of hydrogen-bond donors (Lipinski definition) is 2. The number of hydrogen-bond acceptors (Lipinski definition) is 3. The minimum atomic E-state index is -0.444. The summed E-state index contributed by atoms with van der Waals surface area (Å²) in [5, 5.41) is 5.85. The molecule has 0 spiro atoms. The van der Waals surface area contributed by atoms with Gasteiger partial charge < -0.3 is 15.4 Å². The number of nitrogens with one attached hydrogen (secondary N) is 2. The van der Waals surface area contributed by atoms with Crippen LogP contribution in [-0.2, 0) is 9.59 Å². The highest BCUT2D eigenvalue weighted by Crippen LogP contribution is 2.24. The van der Waals surface area contributed by atoms with Crippen molar-refractivity contribution >= 4 is 11.8 Å². The lowest BCUT2D eigenvalue weighted by Gasteiger charge is -2.23. The molecule has 1 atom stereocenters. The summed E-state index contributed by atoms with van der Waals surface area (Å²) in [7, 11) is 1.63. The first-order valence-corrected chi connectivity index (χ1v) is 8.36. The van der Waals surface area contributed by atoms with Crippen LogP contribution in [0.5, 0.6) is 5.75 Å². The van der Waals surface area contributed by atoms with E-state index in [9.17, 15) is 9.59 Å². The molecule has 1 unspecified atom stereocenters. The van der Waals surface area contributed by atoms with Crippen molar-refractivity contribution in [3.05, 3.63) is 29.8 Å². The van der Waals surface area contributed by atoms with Crippen LogP contribution in [0.2, 0.25) is 0 Å². The van der Waals surface area contributed by atoms with Gasteiger partial charge in [0.15, 0.2) is 0 Å². The number of ether oxygens (including phenoxy) is 1. The third-order valence-corrected chi connectivity index (χ3v) is 3.78. The van der Waals surface area contributed by atoms with Crippen LogP contribution in [0, 0.1) is 11.3 Å². The molecule has 1 rings (SSSR count). The standard InChI is InChI=1S/C19H30N2O3/c1-13(2)17(14-7-9-15(24-6)10-8-14)21-16(22)11-12-20-18(23)19(3,4)5/h7-10,13,17H,11-12H2,1-6H3,(H,20,23)(H,21,22). The highest BCUT2D eigenvalue weighted by atomic mass is 16.5. The van der Waals surface area contributed by atoms with Crippen molar-refractivity contribution in [3.8, 4) is 5.75 Å². The Labute approximate surface area is 145 Å². The third-order valence-electron chi connectivity index (χ3n) is 3.78. The average molecular weight is 334 g/mol. The quantitative estimate of drug-likeness (QED) is 0.805. The largest absolute Gasteiger partial charge is 0.497 e. The highest BCUT2D eigenvalue weighted by molar-refractivity contribution is 5.82. The summed E-state index contributed by atoms with van der Waals surface area (Å²) in [6.45, 7) is 10.0. The van der Waals surface area contributed by atoms with E-state index in [1.165, 1.54) is 0 Å². The van der Waals surface area contributed by atoms with Gasteiger partial charge in [-0.1, -0.05) is 46.8 Å². The van der Waals surface area contributed by atoms with Crippen LogP contribution in [0.15, 0.2) is 24.3 Å². The molecular formula is C19H30N2O3. The van der Waals surface area contributed by atoms with Gasteiger partial charge in [0.25, 0.3) is 0 Å². The van der Waals surface area contributed by atoms with E-state index in [0.29, 0.717) is 6.54 Å². The molecule has 0 fully saturated rings. The fraction of sp³-hybridized carbons (Fsp3) is 0.579. The molecule has 1 aromatic rings. The van der Waals surface area contributed by atoms with Crippen LogP contribution in [-0.4, -0.2) is 25.5 Å². The van der Waals surface area contributed by atoms with Crippen LogP contribution < -0.4 is 15.4 Å². The Morgan fingerprint density at radius 1 is 1.12 bits per heavy atom. The number of carbonyl (C=O) groups excluding carboxylic acids is 2. The zero-order chi connectivity index (χ0) is 18.3. The van der Waals surface area contributed by atoms with E-state index < -0.39 is 5.41 Å². The van der Waals surface area contributed by atoms with Crippen molar-refractivity contribution < 1.29 is 14.3 Å². The summed E-state index contributed by atoms with van der Waals surface area (Å²) in [4.78, 5) is 24.0. The highest BCUT2D eigenvalue weighted by Gasteiger charge is 2.21. The summed E-state index contributed by atoms with van der Waals surface area (Å²) in [6, 6.07) is 7.64. The van der Waals surface area contributed by atoms with Crippen LogP contribution in [0.1, 0.15) is 52.6 Å². The SMILES string of the molecule is COc1ccc(C(NC(=O)CCNC(=O)C(C)(C)C)C(C)C)cc1. The van der Waals surface area contributed by atoms with Crippen molar-refractivity contribution in [1.82, 2.24) is 10.6 Å². The Morgan fingerprint density at radius 2 is 1.71 bits per heavy atom. The maximum absolute atomic E-state index is 12.2.